The van der Waals surface area contributed by atoms with Crippen LogP contribution in [0.25, 0.3) is 11.4 Å². The van der Waals surface area contributed by atoms with Crippen LogP contribution in [-0.4, -0.2) is 59.3 Å². The molecular weight excluding hydrogens is 589 g/mol. The molecule has 2 aliphatic heterocycles. The number of benzene rings is 3. The second-order valence-corrected chi connectivity index (χ2v) is 11.1. The SMILES string of the molecule is COC(=O)Nc1ccc(-c2ncc(C(Cc3ccccc3)C(=O)N3CC[C@@H]4OC(=O)Nc5ccc(Cl)c(F)c5C4C3)[nH]2)cc1. The number of rotatable bonds is 6. The number of likely N-dealkylation sites (tertiary alicyclic amines) is 1. The van der Waals surface area contributed by atoms with Crippen molar-refractivity contribution < 1.29 is 28.2 Å². The van der Waals surface area contributed by atoms with Gasteiger partial charge in [-0.3, -0.25) is 15.4 Å². The Balaban J connectivity index is 1.29. The summed E-state index contributed by atoms with van der Waals surface area (Å²) in [5.74, 6) is -1.46. The highest BCUT2D eigenvalue weighted by Crippen LogP contribution is 2.41. The Morgan fingerprint density at radius 2 is 1.93 bits per heavy atom. The van der Waals surface area contributed by atoms with Gasteiger partial charge in [0.25, 0.3) is 0 Å². The van der Waals surface area contributed by atoms with E-state index in [-0.39, 0.29) is 28.7 Å². The Hall–Kier alpha value is -4.90. The van der Waals surface area contributed by atoms with Crippen molar-refractivity contribution in [1.29, 1.82) is 0 Å². The van der Waals surface area contributed by atoms with Crippen LogP contribution in [-0.2, 0) is 20.7 Å². The van der Waals surface area contributed by atoms with Crippen LogP contribution in [0.2, 0.25) is 5.02 Å². The van der Waals surface area contributed by atoms with Crippen molar-refractivity contribution in [3.63, 3.8) is 0 Å². The van der Waals surface area contributed by atoms with E-state index in [1.165, 1.54) is 13.2 Å². The Labute approximate surface area is 257 Å². The number of nitrogens with one attached hydrogen (secondary N) is 3. The van der Waals surface area contributed by atoms with E-state index in [0.717, 1.165) is 11.1 Å². The zero-order valence-corrected chi connectivity index (χ0v) is 24.4. The van der Waals surface area contributed by atoms with Crippen LogP contribution in [0.15, 0.2) is 72.9 Å². The number of aromatic amines is 1. The minimum Gasteiger partial charge on any atom is -0.453 e. The van der Waals surface area contributed by atoms with Gasteiger partial charge in [0.2, 0.25) is 5.91 Å². The van der Waals surface area contributed by atoms with Crippen LogP contribution in [0.1, 0.15) is 35.1 Å². The van der Waals surface area contributed by atoms with Gasteiger partial charge in [-0.15, -0.1) is 0 Å². The number of H-pyrrole nitrogens is 1. The first kappa shape index (κ1) is 29.2. The largest absolute Gasteiger partial charge is 0.453 e. The fourth-order valence-electron chi connectivity index (χ4n) is 5.80. The number of hydrogen-bond donors (Lipinski definition) is 3. The summed E-state index contributed by atoms with van der Waals surface area (Å²) < 4.78 is 25.6. The molecule has 0 spiro atoms. The third-order valence-electron chi connectivity index (χ3n) is 8.00. The van der Waals surface area contributed by atoms with Crippen molar-refractivity contribution >= 4 is 41.1 Å². The number of carbonyl (C=O) groups excluding carboxylic acids is 3. The molecule has 10 nitrogen and oxygen atoms in total. The number of halogens is 2. The van der Waals surface area contributed by atoms with Crippen LogP contribution in [0.5, 0.6) is 0 Å². The lowest BCUT2D eigenvalue weighted by atomic mass is 9.85. The maximum atomic E-state index is 15.4. The van der Waals surface area contributed by atoms with E-state index in [0.29, 0.717) is 36.6 Å². The van der Waals surface area contributed by atoms with E-state index >= 15 is 4.39 Å². The normalized spacial score (nSPS) is 18.2. The summed E-state index contributed by atoms with van der Waals surface area (Å²) in [4.78, 5) is 47.8. The molecule has 44 heavy (non-hydrogen) atoms. The second-order valence-electron chi connectivity index (χ2n) is 10.7. The standard InChI is InChI=1S/C32H29ClFN5O5/c1-43-31(41)36-20-9-7-19(8-10-20)29-35-16-25(37-29)21(15-18-5-3-2-4-6-18)30(40)39-14-13-26-22(17-39)27-24(38-32(42)44-26)12-11-23(33)28(27)34/h2-12,16,21-22,26H,13-15,17H2,1H3,(H,35,37)(H,36,41)(H,38,42)/t21?,22?,26-/m0/s1. The molecule has 6 rings (SSSR count). The number of anilines is 2. The van der Waals surface area contributed by atoms with Gasteiger partial charge in [-0.25, -0.2) is 19.0 Å². The number of ether oxygens (including phenoxy) is 2. The molecular formula is C32H29ClFN5O5. The predicted molar refractivity (Wildman–Crippen MR) is 162 cm³/mol. The summed E-state index contributed by atoms with van der Waals surface area (Å²) in [6.45, 7) is 0.468. The van der Waals surface area contributed by atoms with Gasteiger partial charge in [-0.1, -0.05) is 41.9 Å². The first-order valence-corrected chi connectivity index (χ1v) is 14.5. The second kappa shape index (κ2) is 12.4. The van der Waals surface area contributed by atoms with Gasteiger partial charge in [-0.05, 0) is 48.4 Å². The average molecular weight is 618 g/mol. The summed E-state index contributed by atoms with van der Waals surface area (Å²) in [6.07, 6.45) is 0.545. The van der Waals surface area contributed by atoms with Crippen molar-refractivity contribution in [2.24, 2.45) is 0 Å². The third-order valence-corrected chi connectivity index (χ3v) is 8.29. The predicted octanol–water partition coefficient (Wildman–Crippen LogP) is 6.32. The number of carbonyl (C=O) groups is 3. The number of hydrogen-bond acceptors (Lipinski definition) is 6. The smallest absolute Gasteiger partial charge is 0.411 e. The van der Waals surface area contributed by atoms with Crippen LogP contribution < -0.4 is 10.6 Å². The van der Waals surface area contributed by atoms with Crippen LogP contribution in [0.4, 0.5) is 25.4 Å². The number of imidazole rings is 1. The molecule has 0 aliphatic carbocycles. The average Bonchev–Trinajstić information content (AvgIpc) is 3.47. The first-order chi connectivity index (χ1) is 21.3. The molecule has 3 atom stereocenters. The van der Waals surface area contributed by atoms with Crippen LogP contribution >= 0.6 is 11.6 Å². The number of fused-ring (bicyclic) bond motifs is 3. The van der Waals surface area contributed by atoms with E-state index < -0.39 is 35.9 Å². The molecule has 3 amide bonds. The Morgan fingerprint density at radius 1 is 1.16 bits per heavy atom. The number of nitrogens with zero attached hydrogens (tertiary/aromatic N) is 2. The molecule has 0 saturated carbocycles. The lowest BCUT2D eigenvalue weighted by molar-refractivity contribution is -0.135. The van der Waals surface area contributed by atoms with Gasteiger partial charge >= 0.3 is 12.2 Å². The van der Waals surface area contributed by atoms with Crippen molar-refractivity contribution in [1.82, 2.24) is 14.9 Å². The van der Waals surface area contributed by atoms with E-state index in [1.54, 1.807) is 41.4 Å². The van der Waals surface area contributed by atoms with Crippen LogP contribution in [0, 0.1) is 5.82 Å². The topological polar surface area (TPSA) is 126 Å². The van der Waals surface area contributed by atoms with Gasteiger partial charge in [0.1, 0.15) is 17.7 Å². The fraction of sp³-hybridized carbons (Fsp3) is 0.250. The quantitative estimate of drug-likeness (QED) is 0.232. The maximum Gasteiger partial charge on any atom is 0.411 e. The lowest BCUT2D eigenvalue weighted by Crippen LogP contribution is -2.47. The molecule has 4 aromatic rings. The Bertz CT molecular complexity index is 1700. The van der Waals surface area contributed by atoms with E-state index in [9.17, 15) is 14.4 Å². The highest BCUT2D eigenvalue weighted by Gasteiger charge is 2.42. The molecule has 12 heteroatoms. The van der Waals surface area contributed by atoms with E-state index in [1.807, 2.05) is 30.3 Å². The Morgan fingerprint density at radius 3 is 2.68 bits per heavy atom. The highest BCUT2D eigenvalue weighted by molar-refractivity contribution is 6.31. The minimum atomic E-state index is -0.665. The van der Waals surface area contributed by atoms with Crippen molar-refractivity contribution in [2.45, 2.75) is 30.8 Å². The van der Waals surface area contributed by atoms with Gasteiger partial charge in [0.15, 0.2) is 0 Å². The van der Waals surface area contributed by atoms with Crippen molar-refractivity contribution in [3.05, 3.63) is 101 Å². The highest BCUT2D eigenvalue weighted by atomic mass is 35.5. The molecule has 0 radical (unpaired) electrons. The van der Waals surface area contributed by atoms with Crippen LogP contribution in [0.3, 0.4) is 0 Å². The molecule has 1 aromatic heterocycles. The molecule has 3 heterocycles. The third kappa shape index (κ3) is 5.96. The van der Waals surface area contributed by atoms with Gasteiger partial charge in [0, 0.05) is 54.1 Å². The lowest BCUT2D eigenvalue weighted by Gasteiger charge is -2.38. The summed E-state index contributed by atoms with van der Waals surface area (Å²) in [5, 5.41) is 5.14. The summed E-state index contributed by atoms with van der Waals surface area (Å²) in [5.41, 5.74) is 3.42. The fourth-order valence-corrected chi connectivity index (χ4v) is 5.97. The summed E-state index contributed by atoms with van der Waals surface area (Å²) in [6, 6.07) is 19.6. The van der Waals surface area contributed by atoms with Gasteiger partial charge in [0.05, 0.1) is 23.7 Å². The molecule has 2 aliphatic rings. The minimum absolute atomic E-state index is 0.0665. The zero-order chi connectivity index (χ0) is 30.8. The summed E-state index contributed by atoms with van der Waals surface area (Å²) in [7, 11) is 1.29. The number of amides is 3. The van der Waals surface area contributed by atoms with Gasteiger partial charge in [-0.2, -0.15) is 0 Å². The number of aromatic nitrogens is 2. The number of methoxy groups -OCH3 is 1. The Kier molecular flexibility index (Phi) is 8.21. The van der Waals surface area contributed by atoms with E-state index in [2.05, 4.69) is 25.3 Å². The van der Waals surface area contributed by atoms with Crippen molar-refractivity contribution in [3.8, 4) is 11.4 Å². The first-order valence-electron chi connectivity index (χ1n) is 14.1. The molecule has 1 saturated heterocycles. The zero-order valence-electron chi connectivity index (χ0n) is 23.7. The van der Waals surface area contributed by atoms with E-state index in [4.69, 9.17) is 16.3 Å². The molecule has 3 N–H and O–H groups in total. The maximum absolute atomic E-state index is 15.4. The monoisotopic (exact) mass is 617 g/mol. The van der Waals surface area contributed by atoms with Gasteiger partial charge < -0.3 is 19.4 Å². The molecule has 3 aromatic carbocycles. The summed E-state index contributed by atoms with van der Waals surface area (Å²) >= 11 is 6.13. The molecule has 226 valence electrons. The molecule has 0 bridgehead atoms. The molecule has 2 unspecified atom stereocenters. The molecule has 1 fully saturated rings. The number of piperidine rings is 1. The van der Waals surface area contributed by atoms with Crippen molar-refractivity contribution in [2.75, 3.05) is 30.8 Å².